The molecule has 2 unspecified atom stereocenters. The minimum atomic E-state index is -4.03. The van der Waals surface area contributed by atoms with Crippen molar-refractivity contribution in [3.05, 3.63) is 59.2 Å². The molecule has 0 aliphatic carbocycles. The number of hydrogen-bond donors (Lipinski definition) is 4. The Morgan fingerprint density at radius 3 is 2.34 bits per heavy atom. The molecule has 1 aliphatic rings. The van der Waals surface area contributed by atoms with Gasteiger partial charge in [0.25, 0.3) is 10.1 Å². The van der Waals surface area contributed by atoms with Crippen LogP contribution in [-0.2, 0) is 31.5 Å². The van der Waals surface area contributed by atoms with Crippen molar-refractivity contribution in [1.29, 1.82) is 0 Å². The third-order valence-electron chi connectivity index (χ3n) is 6.45. The number of nitrogens with two attached hydrogens (primary N) is 1. The molecule has 0 fully saturated rings. The van der Waals surface area contributed by atoms with E-state index in [1.165, 1.54) is 0 Å². The number of carbonyl (C=O) groups is 2. The predicted octanol–water partition coefficient (Wildman–Crippen LogP) is 3.24. The summed E-state index contributed by atoms with van der Waals surface area (Å²) < 4.78 is 31.0. The predicted molar refractivity (Wildman–Crippen MR) is 132 cm³/mol. The highest BCUT2D eigenvalue weighted by Gasteiger charge is 2.38. The number of carboxylic acid groups (broad SMARTS) is 2. The molecule has 2 aromatic carbocycles. The normalized spacial score (nSPS) is 18.0. The number of hydrazine groups is 1. The molecule has 0 saturated carbocycles. The highest BCUT2D eigenvalue weighted by molar-refractivity contribution is 7.85. The molecular formula is C24H29N3O7S. The van der Waals surface area contributed by atoms with Crippen LogP contribution in [0.3, 0.4) is 0 Å². The smallest absolute Gasteiger partial charge is 0.332 e. The van der Waals surface area contributed by atoms with Crippen LogP contribution in [0.25, 0.3) is 0 Å². The van der Waals surface area contributed by atoms with Crippen LogP contribution in [0, 0.1) is 0 Å². The Bertz CT molecular complexity index is 1260. The second-order valence-electron chi connectivity index (χ2n) is 8.93. The maximum Gasteiger partial charge on any atom is 0.332 e. The maximum absolute atomic E-state index is 12.2. The fraction of sp³-hybridized carbons (Fsp3) is 0.375. The van der Waals surface area contributed by atoms with Crippen molar-refractivity contribution in [2.45, 2.75) is 51.0 Å². The van der Waals surface area contributed by atoms with Gasteiger partial charge in [0.1, 0.15) is 0 Å². The molecule has 0 bridgehead atoms. The molecule has 0 amide bonds. The Hall–Kier alpha value is -3.28. The van der Waals surface area contributed by atoms with Gasteiger partial charge in [-0.15, -0.1) is 0 Å². The lowest BCUT2D eigenvalue weighted by Gasteiger charge is -2.29. The number of nitrogens with zero attached hydrogens (tertiary/aromatic N) is 2. The van der Waals surface area contributed by atoms with Crippen LogP contribution in [0.4, 0.5) is 11.4 Å². The second-order valence-corrected chi connectivity index (χ2v) is 10.5. The molecule has 1 aliphatic heterocycles. The SMILES string of the molecule is CC1=Nc2ccc(C(C(=O)O)N(N)c3ccc(CC(=O)O)cc3)cc2C1(C)CCCCS(=O)(=O)O. The summed E-state index contributed by atoms with van der Waals surface area (Å²) in [6, 6.07) is 10.3. The zero-order valence-electron chi connectivity index (χ0n) is 19.5. The number of fused-ring (bicyclic) bond motifs is 1. The van der Waals surface area contributed by atoms with Crippen LogP contribution in [-0.4, -0.2) is 46.6 Å². The molecule has 11 heteroatoms. The van der Waals surface area contributed by atoms with E-state index in [2.05, 4.69) is 4.99 Å². The van der Waals surface area contributed by atoms with E-state index in [1.807, 2.05) is 13.8 Å². The molecule has 3 rings (SSSR count). The molecule has 0 aromatic heterocycles. The minimum Gasteiger partial charge on any atom is -0.481 e. The van der Waals surface area contributed by atoms with Crippen molar-refractivity contribution < 1.29 is 32.8 Å². The lowest BCUT2D eigenvalue weighted by Crippen LogP contribution is -2.40. The summed E-state index contributed by atoms with van der Waals surface area (Å²) in [4.78, 5) is 27.8. The van der Waals surface area contributed by atoms with Gasteiger partial charge in [-0.2, -0.15) is 8.42 Å². The summed E-state index contributed by atoms with van der Waals surface area (Å²) in [5.41, 5.74) is 3.28. The monoisotopic (exact) mass is 503 g/mol. The van der Waals surface area contributed by atoms with Gasteiger partial charge in [-0.1, -0.05) is 31.5 Å². The fourth-order valence-electron chi connectivity index (χ4n) is 4.37. The molecule has 1 heterocycles. The Kier molecular flexibility index (Phi) is 7.63. The first-order valence-electron chi connectivity index (χ1n) is 11.0. The summed E-state index contributed by atoms with van der Waals surface area (Å²) in [5.74, 6) is 3.78. The first-order valence-corrected chi connectivity index (χ1v) is 12.7. The van der Waals surface area contributed by atoms with Gasteiger partial charge >= 0.3 is 11.9 Å². The Morgan fingerprint density at radius 2 is 1.77 bits per heavy atom. The van der Waals surface area contributed by atoms with Gasteiger partial charge in [0.05, 0.1) is 23.5 Å². The summed E-state index contributed by atoms with van der Waals surface area (Å²) in [5, 5.41) is 20.1. The van der Waals surface area contributed by atoms with Gasteiger partial charge in [0, 0.05) is 11.1 Å². The quantitative estimate of drug-likeness (QED) is 0.155. The number of unbranched alkanes of at least 4 members (excludes halogenated alkanes) is 1. The number of carboxylic acids is 2. The first kappa shape index (κ1) is 26.3. The average Bonchev–Trinajstić information content (AvgIpc) is 3.00. The van der Waals surface area contributed by atoms with Crippen molar-refractivity contribution in [2.75, 3.05) is 10.8 Å². The van der Waals surface area contributed by atoms with Crippen LogP contribution >= 0.6 is 0 Å². The van der Waals surface area contributed by atoms with Crippen LogP contribution in [0.5, 0.6) is 0 Å². The van der Waals surface area contributed by atoms with E-state index in [4.69, 9.17) is 15.5 Å². The van der Waals surface area contributed by atoms with Crippen molar-refractivity contribution >= 4 is 39.1 Å². The molecule has 0 saturated heterocycles. The Balaban J connectivity index is 1.87. The van der Waals surface area contributed by atoms with Gasteiger partial charge < -0.3 is 10.2 Å². The van der Waals surface area contributed by atoms with Crippen molar-refractivity contribution in [3.63, 3.8) is 0 Å². The average molecular weight is 504 g/mol. The van der Waals surface area contributed by atoms with Gasteiger partial charge in [0.2, 0.25) is 0 Å². The zero-order chi connectivity index (χ0) is 26.0. The van der Waals surface area contributed by atoms with Gasteiger partial charge in [-0.25, -0.2) is 10.6 Å². The summed E-state index contributed by atoms with van der Waals surface area (Å²) in [7, 11) is -4.03. The second kappa shape index (κ2) is 10.1. The molecule has 2 aromatic rings. The van der Waals surface area contributed by atoms with Crippen LogP contribution in [0.2, 0.25) is 0 Å². The lowest BCUT2D eigenvalue weighted by atomic mass is 9.75. The van der Waals surface area contributed by atoms with Crippen LogP contribution in [0.1, 0.15) is 55.8 Å². The minimum absolute atomic E-state index is 0.153. The third-order valence-corrected chi connectivity index (χ3v) is 7.25. The third kappa shape index (κ3) is 6.05. The van der Waals surface area contributed by atoms with Crippen molar-refractivity contribution in [1.82, 2.24) is 0 Å². The van der Waals surface area contributed by atoms with Crippen molar-refractivity contribution in [2.24, 2.45) is 10.8 Å². The summed E-state index contributed by atoms with van der Waals surface area (Å²) in [6.07, 6.45) is 1.24. The molecule has 10 nitrogen and oxygen atoms in total. The van der Waals surface area contributed by atoms with E-state index < -0.39 is 33.5 Å². The maximum atomic E-state index is 12.2. The standard InChI is InChI=1S/C24H29N3O7S/c1-15-24(2,11-3-4-12-35(32,33)34)19-14-17(7-10-20(19)26-15)22(23(30)31)27(25)18-8-5-16(6-9-18)13-21(28)29/h5-10,14,22H,3-4,11-13,25H2,1-2H3,(H,28,29)(H,30,31)(H,32,33,34). The van der Waals surface area contributed by atoms with Gasteiger partial charge in [-0.05, 0) is 60.7 Å². The molecule has 2 atom stereocenters. The largest absolute Gasteiger partial charge is 0.481 e. The molecule has 35 heavy (non-hydrogen) atoms. The Morgan fingerprint density at radius 1 is 1.11 bits per heavy atom. The summed E-state index contributed by atoms with van der Waals surface area (Å²) in [6.45, 7) is 3.86. The Labute approximate surface area is 203 Å². The number of benzene rings is 2. The van der Waals surface area contributed by atoms with Crippen LogP contribution in [0.15, 0.2) is 47.5 Å². The van der Waals surface area contributed by atoms with E-state index in [9.17, 15) is 23.1 Å². The summed E-state index contributed by atoms with van der Waals surface area (Å²) >= 11 is 0. The van der Waals surface area contributed by atoms with Gasteiger partial charge in [-0.3, -0.25) is 19.3 Å². The number of aliphatic imine (C=N–C) groups is 1. The van der Waals surface area contributed by atoms with Crippen LogP contribution < -0.4 is 10.9 Å². The highest BCUT2D eigenvalue weighted by Crippen LogP contribution is 2.44. The number of hydrogen-bond acceptors (Lipinski definition) is 7. The number of anilines is 1. The van der Waals surface area contributed by atoms with Gasteiger partial charge in [0.15, 0.2) is 6.04 Å². The van der Waals surface area contributed by atoms with E-state index in [-0.39, 0.29) is 12.2 Å². The lowest BCUT2D eigenvalue weighted by molar-refractivity contribution is -0.139. The zero-order valence-corrected chi connectivity index (χ0v) is 20.3. The molecular weight excluding hydrogens is 474 g/mol. The van der Waals surface area contributed by atoms with E-state index in [0.717, 1.165) is 16.3 Å². The van der Waals surface area contributed by atoms with E-state index in [0.29, 0.717) is 41.8 Å². The number of aliphatic carboxylic acids is 2. The molecule has 5 N–H and O–H groups in total. The van der Waals surface area contributed by atoms with E-state index in [1.54, 1.807) is 42.5 Å². The fourth-order valence-corrected chi connectivity index (χ4v) is 4.94. The van der Waals surface area contributed by atoms with E-state index >= 15 is 0 Å². The molecule has 188 valence electrons. The molecule has 0 spiro atoms. The van der Waals surface area contributed by atoms with Crippen molar-refractivity contribution in [3.8, 4) is 0 Å². The topological polar surface area (TPSA) is 171 Å². The molecule has 0 radical (unpaired) electrons. The number of rotatable bonds is 11. The highest BCUT2D eigenvalue weighted by atomic mass is 32.2. The first-order chi connectivity index (χ1) is 16.3.